The first-order chi connectivity index (χ1) is 11.4. The fourth-order valence-corrected chi connectivity index (χ4v) is 4.88. The Morgan fingerprint density at radius 2 is 1.96 bits per heavy atom. The zero-order valence-electron chi connectivity index (χ0n) is 13.6. The van der Waals surface area contributed by atoms with Crippen molar-refractivity contribution >= 4 is 15.7 Å². The number of rotatable bonds is 4. The average molecular weight is 354 g/mol. The van der Waals surface area contributed by atoms with Gasteiger partial charge < -0.3 is 5.32 Å². The molecule has 1 N–H and O–H groups in total. The lowest BCUT2D eigenvalue weighted by atomic mass is 10.2. The van der Waals surface area contributed by atoms with Crippen molar-refractivity contribution in [1.29, 1.82) is 0 Å². The Balaban J connectivity index is 1.79. The third-order valence-electron chi connectivity index (χ3n) is 4.81. The molecule has 1 unspecified atom stereocenters. The van der Waals surface area contributed by atoms with E-state index in [1.807, 2.05) is 0 Å². The SMILES string of the molecule is Cc1ccc(S(=O)(=O)N2CCC(N3CCNCC3)C2)cc1[N+](=O)[O-]. The summed E-state index contributed by atoms with van der Waals surface area (Å²) in [6.07, 6.45) is 0.799. The second-order valence-corrected chi connectivity index (χ2v) is 8.23. The first kappa shape index (κ1) is 17.3. The number of nitro groups is 1. The first-order valence-electron chi connectivity index (χ1n) is 8.09. The molecule has 0 saturated carbocycles. The van der Waals surface area contributed by atoms with Crippen molar-refractivity contribution in [1.82, 2.24) is 14.5 Å². The Labute approximate surface area is 141 Å². The second kappa shape index (κ2) is 6.75. The van der Waals surface area contributed by atoms with Crippen molar-refractivity contribution in [3.8, 4) is 0 Å². The summed E-state index contributed by atoms with van der Waals surface area (Å²) in [7, 11) is -3.70. The minimum Gasteiger partial charge on any atom is -0.314 e. The van der Waals surface area contributed by atoms with Crippen molar-refractivity contribution in [3.63, 3.8) is 0 Å². The molecule has 0 aromatic heterocycles. The Hall–Kier alpha value is -1.55. The maximum Gasteiger partial charge on any atom is 0.273 e. The van der Waals surface area contributed by atoms with Gasteiger partial charge in [0.25, 0.3) is 5.69 Å². The van der Waals surface area contributed by atoms with E-state index < -0.39 is 14.9 Å². The van der Waals surface area contributed by atoms with E-state index >= 15 is 0 Å². The fraction of sp³-hybridized carbons (Fsp3) is 0.600. The number of nitro benzene ring substituents is 1. The van der Waals surface area contributed by atoms with Crippen LogP contribution in [0.25, 0.3) is 0 Å². The highest BCUT2D eigenvalue weighted by Crippen LogP contribution is 2.27. The molecule has 132 valence electrons. The lowest BCUT2D eigenvalue weighted by Crippen LogP contribution is -2.49. The summed E-state index contributed by atoms with van der Waals surface area (Å²) >= 11 is 0. The molecule has 0 aliphatic carbocycles. The molecule has 2 heterocycles. The van der Waals surface area contributed by atoms with Crippen LogP contribution in [0.1, 0.15) is 12.0 Å². The van der Waals surface area contributed by atoms with Crippen LogP contribution in [0.4, 0.5) is 5.69 Å². The van der Waals surface area contributed by atoms with Gasteiger partial charge in [-0.25, -0.2) is 8.42 Å². The number of aryl methyl sites for hydroxylation is 1. The predicted octanol–water partition coefficient (Wildman–Crippen LogP) is 0.571. The third-order valence-corrected chi connectivity index (χ3v) is 6.67. The number of piperazine rings is 1. The Morgan fingerprint density at radius 1 is 1.25 bits per heavy atom. The van der Waals surface area contributed by atoms with E-state index in [0.717, 1.165) is 32.6 Å². The van der Waals surface area contributed by atoms with E-state index in [0.29, 0.717) is 18.7 Å². The summed E-state index contributed by atoms with van der Waals surface area (Å²) in [5.74, 6) is 0. The van der Waals surface area contributed by atoms with Gasteiger partial charge in [0.05, 0.1) is 9.82 Å². The van der Waals surface area contributed by atoms with Crippen molar-refractivity contribution in [2.24, 2.45) is 0 Å². The Kier molecular flexibility index (Phi) is 4.86. The van der Waals surface area contributed by atoms with Crippen LogP contribution in [0.2, 0.25) is 0 Å². The topological polar surface area (TPSA) is 95.8 Å². The van der Waals surface area contributed by atoms with Crippen molar-refractivity contribution in [2.75, 3.05) is 39.3 Å². The molecule has 0 amide bonds. The van der Waals surface area contributed by atoms with Crippen LogP contribution in [0.5, 0.6) is 0 Å². The van der Waals surface area contributed by atoms with Gasteiger partial charge in [-0.15, -0.1) is 0 Å². The van der Waals surface area contributed by atoms with Crippen LogP contribution in [0.15, 0.2) is 23.1 Å². The van der Waals surface area contributed by atoms with Crippen LogP contribution in [0.3, 0.4) is 0 Å². The summed E-state index contributed by atoms with van der Waals surface area (Å²) in [6, 6.07) is 4.34. The predicted molar refractivity (Wildman–Crippen MR) is 89.4 cm³/mol. The van der Waals surface area contributed by atoms with Crippen LogP contribution >= 0.6 is 0 Å². The molecule has 24 heavy (non-hydrogen) atoms. The standard InChI is InChI=1S/C15H22N4O4S/c1-12-2-3-14(10-15(12)19(20)21)24(22,23)18-7-4-13(11-18)17-8-5-16-6-9-17/h2-3,10,13,16H,4-9,11H2,1H3. The van der Waals surface area contributed by atoms with Gasteiger partial charge in [-0.1, -0.05) is 6.07 Å². The molecule has 1 aromatic rings. The van der Waals surface area contributed by atoms with Crippen LogP contribution in [0, 0.1) is 17.0 Å². The van der Waals surface area contributed by atoms with E-state index in [9.17, 15) is 18.5 Å². The number of hydrogen-bond donors (Lipinski definition) is 1. The molecule has 2 saturated heterocycles. The monoisotopic (exact) mass is 354 g/mol. The summed E-state index contributed by atoms with van der Waals surface area (Å²) < 4.78 is 27.1. The lowest BCUT2D eigenvalue weighted by molar-refractivity contribution is -0.385. The number of sulfonamides is 1. The number of hydrogen-bond acceptors (Lipinski definition) is 6. The van der Waals surface area contributed by atoms with Crippen LogP contribution < -0.4 is 5.32 Å². The highest BCUT2D eigenvalue weighted by atomic mass is 32.2. The third kappa shape index (κ3) is 3.30. The normalized spacial score (nSPS) is 23.5. The molecule has 2 aliphatic heterocycles. The second-order valence-electron chi connectivity index (χ2n) is 6.30. The van der Waals surface area contributed by atoms with E-state index in [1.54, 1.807) is 6.92 Å². The zero-order chi connectivity index (χ0) is 17.3. The molecular formula is C15H22N4O4S. The van der Waals surface area contributed by atoms with Gasteiger partial charge in [0.1, 0.15) is 0 Å². The Bertz CT molecular complexity index is 731. The van der Waals surface area contributed by atoms with Crippen LogP contribution in [-0.4, -0.2) is 67.9 Å². The van der Waals surface area contributed by atoms with E-state index in [2.05, 4.69) is 10.2 Å². The summed E-state index contributed by atoms with van der Waals surface area (Å²) in [4.78, 5) is 12.8. The molecule has 1 atom stereocenters. The van der Waals surface area contributed by atoms with Gasteiger partial charge in [-0.05, 0) is 19.4 Å². The van der Waals surface area contributed by atoms with Gasteiger partial charge in [0.15, 0.2) is 0 Å². The largest absolute Gasteiger partial charge is 0.314 e. The molecule has 1 aromatic carbocycles. The summed E-state index contributed by atoms with van der Waals surface area (Å²) in [6.45, 7) is 6.21. The average Bonchev–Trinajstić information content (AvgIpc) is 3.06. The molecule has 0 spiro atoms. The molecule has 8 nitrogen and oxygen atoms in total. The first-order valence-corrected chi connectivity index (χ1v) is 9.53. The lowest BCUT2D eigenvalue weighted by Gasteiger charge is -2.32. The maximum atomic E-state index is 12.8. The molecule has 3 rings (SSSR count). The smallest absolute Gasteiger partial charge is 0.273 e. The molecule has 0 bridgehead atoms. The van der Waals surface area contributed by atoms with Gasteiger partial charge in [0, 0.05) is 56.9 Å². The molecule has 9 heteroatoms. The van der Waals surface area contributed by atoms with Gasteiger partial charge >= 0.3 is 0 Å². The minimum atomic E-state index is -3.70. The van der Waals surface area contributed by atoms with Crippen molar-refractivity contribution in [3.05, 3.63) is 33.9 Å². The van der Waals surface area contributed by atoms with E-state index in [1.165, 1.54) is 22.5 Å². The highest BCUT2D eigenvalue weighted by Gasteiger charge is 2.36. The Morgan fingerprint density at radius 3 is 2.62 bits per heavy atom. The van der Waals surface area contributed by atoms with E-state index in [-0.39, 0.29) is 16.6 Å². The summed E-state index contributed by atoms with van der Waals surface area (Å²) in [5, 5.41) is 14.4. The zero-order valence-corrected chi connectivity index (χ0v) is 14.5. The maximum absolute atomic E-state index is 12.8. The van der Waals surface area contributed by atoms with Gasteiger partial charge in [-0.2, -0.15) is 4.31 Å². The number of nitrogens with one attached hydrogen (secondary N) is 1. The highest BCUT2D eigenvalue weighted by molar-refractivity contribution is 7.89. The quantitative estimate of drug-likeness (QED) is 0.627. The molecular weight excluding hydrogens is 332 g/mol. The molecule has 0 radical (unpaired) electrons. The van der Waals surface area contributed by atoms with Gasteiger partial charge in [0.2, 0.25) is 10.0 Å². The minimum absolute atomic E-state index is 0.000704. The fourth-order valence-electron chi connectivity index (χ4n) is 3.37. The molecule has 2 fully saturated rings. The number of benzene rings is 1. The van der Waals surface area contributed by atoms with E-state index in [4.69, 9.17) is 0 Å². The number of nitrogens with zero attached hydrogens (tertiary/aromatic N) is 3. The summed E-state index contributed by atoms with van der Waals surface area (Å²) in [5.41, 5.74) is 0.299. The molecule has 2 aliphatic rings. The van der Waals surface area contributed by atoms with Crippen molar-refractivity contribution in [2.45, 2.75) is 24.3 Å². The van der Waals surface area contributed by atoms with Crippen molar-refractivity contribution < 1.29 is 13.3 Å². The van der Waals surface area contributed by atoms with Crippen LogP contribution in [-0.2, 0) is 10.0 Å². The van der Waals surface area contributed by atoms with Gasteiger partial charge in [-0.3, -0.25) is 15.0 Å².